The van der Waals surface area contributed by atoms with Crippen LogP contribution in [-0.4, -0.2) is 44.3 Å². The average molecular weight is 472 g/mol. The van der Waals surface area contributed by atoms with Gasteiger partial charge >= 0.3 is 5.97 Å². The molecule has 1 aromatic heterocycles. The molecule has 1 aliphatic heterocycles. The standard InChI is InChI=1S/C29H33N3O3/c1-3-8-24-12-4-5-16-31(24)28(33)23-11-6-9-21(17-23)22-10-7-13-25(18-22)32-27(20-14-15-20)26(29(34)35)19(2)30-32/h6-7,9-11,13,17-18,20,24H,3-5,8,12,14-16H2,1-2H3,(H,34,35). The third-order valence-corrected chi connectivity index (χ3v) is 7.32. The highest BCUT2D eigenvalue weighted by atomic mass is 16.4. The minimum absolute atomic E-state index is 0.117. The van der Waals surface area contributed by atoms with Gasteiger partial charge in [0.2, 0.25) is 0 Å². The molecule has 2 aromatic carbocycles. The minimum atomic E-state index is -0.919. The van der Waals surface area contributed by atoms with Gasteiger partial charge in [0.05, 0.1) is 17.1 Å². The molecule has 6 nitrogen and oxygen atoms in total. The highest BCUT2D eigenvalue weighted by molar-refractivity contribution is 5.96. The lowest BCUT2D eigenvalue weighted by atomic mass is 9.96. The molecule has 2 heterocycles. The van der Waals surface area contributed by atoms with E-state index < -0.39 is 5.97 Å². The van der Waals surface area contributed by atoms with Crippen molar-refractivity contribution in [2.24, 2.45) is 0 Å². The Kier molecular flexibility index (Phi) is 6.46. The maximum absolute atomic E-state index is 13.4. The van der Waals surface area contributed by atoms with Crippen LogP contribution >= 0.6 is 0 Å². The van der Waals surface area contributed by atoms with Crippen LogP contribution in [0.15, 0.2) is 48.5 Å². The van der Waals surface area contributed by atoms with Crippen LogP contribution in [0.3, 0.4) is 0 Å². The Morgan fingerprint density at radius 2 is 1.77 bits per heavy atom. The van der Waals surface area contributed by atoms with Crippen molar-refractivity contribution in [1.82, 2.24) is 14.7 Å². The largest absolute Gasteiger partial charge is 0.478 e. The Hall–Kier alpha value is -3.41. The van der Waals surface area contributed by atoms with Crippen LogP contribution in [0, 0.1) is 6.92 Å². The fourth-order valence-electron chi connectivity index (χ4n) is 5.46. The van der Waals surface area contributed by atoms with Gasteiger partial charge in [-0.05, 0) is 80.8 Å². The van der Waals surface area contributed by atoms with Crippen molar-refractivity contribution >= 4 is 11.9 Å². The lowest BCUT2D eigenvalue weighted by Crippen LogP contribution is -2.43. The van der Waals surface area contributed by atoms with E-state index in [1.54, 1.807) is 11.6 Å². The van der Waals surface area contributed by atoms with E-state index in [1.807, 2.05) is 48.5 Å². The summed E-state index contributed by atoms with van der Waals surface area (Å²) in [6, 6.07) is 16.2. The number of carboxylic acids is 1. The van der Waals surface area contributed by atoms with E-state index in [2.05, 4.69) is 16.9 Å². The number of piperidine rings is 1. The van der Waals surface area contributed by atoms with Crippen molar-refractivity contribution in [2.75, 3.05) is 6.54 Å². The summed E-state index contributed by atoms with van der Waals surface area (Å²) in [5.41, 5.74) is 5.18. The molecule has 1 saturated heterocycles. The van der Waals surface area contributed by atoms with Crippen molar-refractivity contribution in [3.05, 3.63) is 71.0 Å². The third kappa shape index (κ3) is 4.62. The first kappa shape index (κ1) is 23.3. The molecule has 1 aliphatic carbocycles. The zero-order chi connectivity index (χ0) is 24.5. The summed E-state index contributed by atoms with van der Waals surface area (Å²) in [5.74, 6) is -0.560. The fraction of sp³-hybridized carbons (Fsp3) is 0.414. The summed E-state index contributed by atoms with van der Waals surface area (Å²) >= 11 is 0. The smallest absolute Gasteiger partial charge is 0.339 e. The predicted molar refractivity (Wildman–Crippen MR) is 136 cm³/mol. The van der Waals surface area contributed by atoms with E-state index in [0.29, 0.717) is 17.3 Å². The molecule has 1 atom stereocenters. The van der Waals surface area contributed by atoms with E-state index in [1.165, 1.54) is 6.42 Å². The number of carboxylic acid groups (broad SMARTS) is 1. The Balaban J connectivity index is 1.47. The number of amides is 1. The molecule has 0 spiro atoms. The number of carbonyl (C=O) groups is 2. The Bertz CT molecular complexity index is 1260. The number of aromatic nitrogens is 2. The predicted octanol–water partition coefficient (Wildman–Crippen LogP) is 6.22. The van der Waals surface area contributed by atoms with E-state index >= 15 is 0 Å². The van der Waals surface area contributed by atoms with Gasteiger partial charge in [-0.15, -0.1) is 0 Å². The molecule has 1 saturated carbocycles. The summed E-state index contributed by atoms with van der Waals surface area (Å²) in [6.45, 7) is 4.77. The second-order valence-corrected chi connectivity index (χ2v) is 9.90. The third-order valence-electron chi connectivity index (χ3n) is 7.32. The number of likely N-dealkylation sites (tertiary alicyclic amines) is 1. The van der Waals surface area contributed by atoms with Gasteiger partial charge in [0, 0.05) is 24.1 Å². The minimum Gasteiger partial charge on any atom is -0.478 e. The number of aryl methyl sites for hydroxylation is 1. The second kappa shape index (κ2) is 9.68. The molecule has 0 radical (unpaired) electrons. The Labute approximate surface area is 206 Å². The van der Waals surface area contributed by atoms with Crippen LogP contribution < -0.4 is 0 Å². The summed E-state index contributed by atoms with van der Waals surface area (Å²) in [6.07, 6.45) is 7.47. The molecule has 2 aliphatic rings. The maximum atomic E-state index is 13.4. The average Bonchev–Trinajstić information content (AvgIpc) is 3.65. The Morgan fingerprint density at radius 1 is 1.03 bits per heavy atom. The van der Waals surface area contributed by atoms with Crippen LogP contribution in [0.5, 0.6) is 0 Å². The summed E-state index contributed by atoms with van der Waals surface area (Å²) in [7, 11) is 0. The molecule has 5 rings (SSSR count). The van der Waals surface area contributed by atoms with E-state index in [-0.39, 0.29) is 11.8 Å². The lowest BCUT2D eigenvalue weighted by Gasteiger charge is -2.36. The number of aromatic carboxylic acids is 1. The number of hydrogen-bond donors (Lipinski definition) is 1. The molecule has 1 unspecified atom stereocenters. The van der Waals surface area contributed by atoms with Crippen LogP contribution in [0.2, 0.25) is 0 Å². The number of benzene rings is 2. The first-order valence-electron chi connectivity index (χ1n) is 12.8. The van der Waals surface area contributed by atoms with Crippen molar-refractivity contribution in [3.63, 3.8) is 0 Å². The highest BCUT2D eigenvalue weighted by Gasteiger charge is 2.34. The number of nitrogens with zero attached hydrogens (tertiary/aromatic N) is 3. The van der Waals surface area contributed by atoms with Crippen molar-refractivity contribution in [2.45, 2.75) is 70.8 Å². The molecule has 1 N–H and O–H groups in total. The molecule has 3 aromatic rings. The van der Waals surface area contributed by atoms with Crippen LogP contribution in [0.25, 0.3) is 16.8 Å². The van der Waals surface area contributed by atoms with Crippen molar-refractivity contribution < 1.29 is 14.7 Å². The van der Waals surface area contributed by atoms with E-state index in [0.717, 1.165) is 73.1 Å². The first-order chi connectivity index (χ1) is 17.0. The van der Waals surface area contributed by atoms with Gasteiger partial charge < -0.3 is 10.0 Å². The van der Waals surface area contributed by atoms with Gasteiger partial charge in [0.1, 0.15) is 5.56 Å². The monoisotopic (exact) mass is 471 g/mol. The molecule has 2 fully saturated rings. The normalized spacial score (nSPS) is 18.0. The zero-order valence-corrected chi connectivity index (χ0v) is 20.5. The lowest BCUT2D eigenvalue weighted by molar-refractivity contribution is 0.0600. The molecule has 182 valence electrons. The van der Waals surface area contributed by atoms with Gasteiger partial charge in [-0.1, -0.05) is 37.6 Å². The van der Waals surface area contributed by atoms with Crippen LogP contribution in [0.4, 0.5) is 0 Å². The van der Waals surface area contributed by atoms with Crippen molar-refractivity contribution in [1.29, 1.82) is 0 Å². The van der Waals surface area contributed by atoms with Gasteiger partial charge in [-0.25, -0.2) is 9.48 Å². The maximum Gasteiger partial charge on any atom is 0.339 e. The summed E-state index contributed by atoms with van der Waals surface area (Å²) < 4.78 is 1.80. The van der Waals surface area contributed by atoms with Crippen molar-refractivity contribution in [3.8, 4) is 16.8 Å². The number of hydrogen-bond acceptors (Lipinski definition) is 3. The fourth-order valence-corrected chi connectivity index (χ4v) is 5.46. The van der Waals surface area contributed by atoms with Crippen LogP contribution in [0.1, 0.15) is 89.9 Å². The number of rotatable bonds is 7. The van der Waals surface area contributed by atoms with E-state index in [4.69, 9.17) is 0 Å². The van der Waals surface area contributed by atoms with Gasteiger partial charge in [-0.2, -0.15) is 5.10 Å². The quantitative estimate of drug-likeness (QED) is 0.444. The number of carbonyl (C=O) groups excluding carboxylic acids is 1. The molecule has 6 heteroatoms. The van der Waals surface area contributed by atoms with E-state index in [9.17, 15) is 14.7 Å². The molecule has 0 bridgehead atoms. The summed E-state index contributed by atoms with van der Waals surface area (Å²) in [4.78, 5) is 27.4. The van der Waals surface area contributed by atoms with Gasteiger partial charge in [0.25, 0.3) is 5.91 Å². The molecular formula is C29H33N3O3. The zero-order valence-electron chi connectivity index (χ0n) is 20.5. The van der Waals surface area contributed by atoms with Gasteiger partial charge in [-0.3, -0.25) is 4.79 Å². The molecule has 1 amide bonds. The second-order valence-electron chi connectivity index (χ2n) is 9.90. The topological polar surface area (TPSA) is 75.4 Å². The highest BCUT2D eigenvalue weighted by Crippen LogP contribution is 2.43. The first-order valence-corrected chi connectivity index (χ1v) is 12.8. The SMILES string of the molecule is CCCC1CCCCN1C(=O)c1cccc(-c2cccc(-n3nc(C)c(C(=O)O)c3C3CC3)c2)c1. The molecule has 35 heavy (non-hydrogen) atoms. The Morgan fingerprint density at radius 3 is 2.49 bits per heavy atom. The summed E-state index contributed by atoms with van der Waals surface area (Å²) in [5, 5.41) is 14.4. The van der Waals surface area contributed by atoms with Crippen LogP contribution in [-0.2, 0) is 0 Å². The molecular weight excluding hydrogens is 438 g/mol. The van der Waals surface area contributed by atoms with Gasteiger partial charge in [0.15, 0.2) is 0 Å².